The van der Waals surface area contributed by atoms with E-state index in [1.165, 1.54) is 0 Å². The van der Waals surface area contributed by atoms with Gasteiger partial charge in [0.2, 0.25) is 0 Å². The number of carbonyl (C=O) groups excluding carboxylic acids is 1. The third-order valence-corrected chi connectivity index (χ3v) is 5.29. The molecule has 0 bridgehead atoms. The molecule has 1 amide bonds. The van der Waals surface area contributed by atoms with Gasteiger partial charge < -0.3 is 4.90 Å². The van der Waals surface area contributed by atoms with Crippen molar-refractivity contribution >= 4 is 5.91 Å². The number of nitrogens with one attached hydrogen (secondary N) is 1. The highest BCUT2D eigenvalue weighted by molar-refractivity contribution is 5.92. The Morgan fingerprint density at radius 1 is 1.33 bits per heavy atom. The van der Waals surface area contributed by atoms with Crippen molar-refractivity contribution in [3.8, 4) is 0 Å². The van der Waals surface area contributed by atoms with Gasteiger partial charge in [0.15, 0.2) is 0 Å². The van der Waals surface area contributed by atoms with E-state index < -0.39 is 0 Å². The zero-order chi connectivity index (χ0) is 19.6. The number of rotatable bonds is 6. The molecule has 2 aromatic rings. The minimum atomic E-state index is -0.145. The minimum Gasteiger partial charge on any atom is -0.337 e. The van der Waals surface area contributed by atoms with Crippen molar-refractivity contribution in [2.24, 2.45) is 18.9 Å². The van der Waals surface area contributed by atoms with Crippen molar-refractivity contribution in [3.63, 3.8) is 0 Å². The Balaban J connectivity index is 1.59. The Labute approximate surface area is 159 Å². The van der Waals surface area contributed by atoms with Crippen LogP contribution in [-0.2, 0) is 26.4 Å². The second-order valence-corrected chi connectivity index (χ2v) is 7.87. The number of nitrogens with zero attached hydrogens (tertiary/aromatic N) is 5. The van der Waals surface area contributed by atoms with Crippen molar-refractivity contribution in [1.82, 2.24) is 29.4 Å². The summed E-state index contributed by atoms with van der Waals surface area (Å²) in [5, 5.41) is 11.2. The molecular formula is C19H30N6O2. The van der Waals surface area contributed by atoms with Crippen LogP contribution >= 0.6 is 0 Å². The van der Waals surface area contributed by atoms with E-state index in [-0.39, 0.29) is 11.6 Å². The average molecular weight is 374 g/mol. The summed E-state index contributed by atoms with van der Waals surface area (Å²) in [6, 6.07) is 1.93. The topological polar surface area (TPSA) is 88.8 Å². The summed E-state index contributed by atoms with van der Waals surface area (Å²) in [5.41, 5.74) is 1.49. The molecule has 0 aliphatic carbocycles. The second-order valence-electron chi connectivity index (χ2n) is 7.87. The number of piperidine rings is 1. The smallest absolute Gasteiger partial charge is 0.337 e. The fourth-order valence-electron chi connectivity index (χ4n) is 3.84. The largest absolute Gasteiger partial charge is 0.343 e. The fourth-order valence-corrected chi connectivity index (χ4v) is 3.84. The van der Waals surface area contributed by atoms with Crippen LogP contribution in [0, 0.1) is 11.8 Å². The number of aryl methyl sites for hydroxylation is 1. The van der Waals surface area contributed by atoms with Crippen molar-refractivity contribution in [2.75, 3.05) is 13.1 Å². The fraction of sp³-hybridized carbons (Fsp3) is 0.684. The van der Waals surface area contributed by atoms with Crippen LogP contribution in [0.4, 0.5) is 0 Å². The van der Waals surface area contributed by atoms with Crippen LogP contribution in [0.2, 0.25) is 0 Å². The van der Waals surface area contributed by atoms with Crippen molar-refractivity contribution in [1.29, 1.82) is 0 Å². The van der Waals surface area contributed by atoms with Crippen molar-refractivity contribution in [2.45, 2.75) is 53.0 Å². The lowest BCUT2D eigenvalue weighted by atomic mass is 9.93. The standard InChI is InChI=1S/C19H30N6O2/c1-5-25-17(20-21-19(25)27)11-14-6-8-24(9-7-14)18(26)16-12-15(10-13(2)3)22-23(16)4/h12-14H,5-11H2,1-4H3,(H,21,27). The molecule has 1 aliphatic heterocycles. The molecule has 3 rings (SSSR count). The number of hydrogen-bond acceptors (Lipinski definition) is 4. The quantitative estimate of drug-likeness (QED) is 0.832. The minimum absolute atomic E-state index is 0.0590. The molecule has 1 N–H and O–H groups in total. The maximum absolute atomic E-state index is 12.9. The van der Waals surface area contributed by atoms with Gasteiger partial charge in [0.05, 0.1) is 5.69 Å². The van der Waals surface area contributed by atoms with Crippen LogP contribution in [0.5, 0.6) is 0 Å². The van der Waals surface area contributed by atoms with Crippen molar-refractivity contribution in [3.05, 3.63) is 33.8 Å². The molecule has 1 saturated heterocycles. The Hall–Kier alpha value is -2.38. The van der Waals surface area contributed by atoms with Gasteiger partial charge in [0.1, 0.15) is 11.5 Å². The van der Waals surface area contributed by atoms with Gasteiger partial charge in [-0.1, -0.05) is 13.8 Å². The highest BCUT2D eigenvalue weighted by atomic mass is 16.2. The van der Waals surface area contributed by atoms with Crippen LogP contribution in [0.15, 0.2) is 10.9 Å². The molecule has 1 fully saturated rings. The molecule has 27 heavy (non-hydrogen) atoms. The first-order valence-corrected chi connectivity index (χ1v) is 9.85. The molecule has 1 aliphatic rings. The summed E-state index contributed by atoms with van der Waals surface area (Å²) in [6.07, 6.45) is 3.51. The normalized spacial score (nSPS) is 15.7. The Kier molecular flexibility index (Phi) is 5.82. The van der Waals surface area contributed by atoms with Gasteiger partial charge in [0.25, 0.3) is 5.91 Å². The summed E-state index contributed by atoms with van der Waals surface area (Å²) < 4.78 is 3.39. The molecule has 8 heteroatoms. The molecule has 0 spiro atoms. The molecule has 0 unspecified atom stereocenters. The first-order valence-electron chi connectivity index (χ1n) is 9.85. The van der Waals surface area contributed by atoms with E-state index in [1.54, 1.807) is 9.25 Å². The average Bonchev–Trinajstić information content (AvgIpc) is 3.16. The van der Waals surface area contributed by atoms with Gasteiger partial charge in [-0.2, -0.15) is 10.2 Å². The van der Waals surface area contributed by atoms with Crippen LogP contribution in [-0.4, -0.2) is 48.4 Å². The van der Waals surface area contributed by atoms with E-state index >= 15 is 0 Å². The maximum atomic E-state index is 12.9. The third kappa shape index (κ3) is 4.31. The lowest BCUT2D eigenvalue weighted by Gasteiger charge is -2.31. The molecule has 8 nitrogen and oxygen atoms in total. The molecule has 0 radical (unpaired) electrons. The van der Waals surface area contributed by atoms with Gasteiger partial charge in [0, 0.05) is 33.1 Å². The van der Waals surface area contributed by atoms with E-state index in [4.69, 9.17) is 0 Å². The first kappa shape index (κ1) is 19.4. The molecule has 148 valence electrons. The highest BCUT2D eigenvalue weighted by Gasteiger charge is 2.27. The molecule has 2 aromatic heterocycles. The highest BCUT2D eigenvalue weighted by Crippen LogP contribution is 2.22. The number of aromatic nitrogens is 5. The van der Waals surface area contributed by atoms with Crippen LogP contribution in [0.25, 0.3) is 0 Å². The van der Waals surface area contributed by atoms with Gasteiger partial charge in [-0.25, -0.2) is 9.89 Å². The maximum Gasteiger partial charge on any atom is 0.343 e. The van der Waals surface area contributed by atoms with E-state index in [9.17, 15) is 9.59 Å². The van der Waals surface area contributed by atoms with E-state index in [1.807, 2.05) is 24.9 Å². The van der Waals surface area contributed by atoms with Gasteiger partial charge in [-0.15, -0.1) is 0 Å². The molecule has 0 aromatic carbocycles. The lowest BCUT2D eigenvalue weighted by molar-refractivity contribution is 0.0678. The molecule has 0 saturated carbocycles. The van der Waals surface area contributed by atoms with E-state index in [0.717, 1.165) is 50.3 Å². The van der Waals surface area contributed by atoms with Gasteiger partial charge >= 0.3 is 5.69 Å². The zero-order valence-corrected chi connectivity index (χ0v) is 16.7. The number of aromatic amines is 1. The summed E-state index contributed by atoms with van der Waals surface area (Å²) in [7, 11) is 1.84. The number of hydrogen-bond donors (Lipinski definition) is 1. The third-order valence-electron chi connectivity index (χ3n) is 5.29. The summed E-state index contributed by atoms with van der Waals surface area (Å²) >= 11 is 0. The molecule has 0 atom stereocenters. The Bertz CT molecular complexity index is 839. The predicted molar refractivity (Wildman–Crippen MR) is 103 cm³/mol. The lowest BCUT2D eigenvalue weighted by Crippen LogP contribution is -2.39. The van der Waals surface area contributed by atoms with Gasteiger partial charge in [-0.3, -0.25) is 14.0 Å². The van der Waals surface area contributed by atoms with E-state index in [2.05, 4.69) is 29.1 Å². The summed E-state index contributed by atoms with van der Waals surface area (Å²) in [6.45, 7) is 8.34. The number of likely N-dealkylation sites (tertiary alicyclic amines) is 1. The van der Waals surface area contributed by atoms with Crippen LogP contribution in [0.1, 0.15) is 55.6 Å². The van der Waals surface area contributed by atoms with Gasteiger partial charge in [-0.05, 0) is 44.1 Å². The number of H-pyrrole nitrogens is 1. The molecule has 3 heterocycles. The Morgan fingerprint density at radius 3 is 2.67 bits per heavy atom. The predicted octanol–water partition coefficient (Wildman–Crippen LogP) is 1.62. The Morgan fingerprint density at radius 2 is 2.04 bits per heavy atom. The van der Waals surface area contributed by atoms with Crippen LogP contribution in [0.3, 0.4) is 0 Å². The van der Waals surface area contributed by atoms with Crippen molar-refractivity contribution < 1.29 is 4.79 Å². The van der Waals surface area contributed by atoms with E-state index in [0.29, 0.717) is 24.1 Å². The second kappa shape index (κ2) is 8.10. The SMILES string of the molecule is CCn1c(CC2CCN(C(=O)c3cc(CC(C)C)nn3C)CC2)n[nH]c1=O. The summed E-state index contributed by atoms with van der Waals surface area (Å²) in [5.74, 6) is 1.83. The van der Waals surface area contributed by atoms with Crippen LogP contribution < -0.4 is 5.69 Å². The number of carbonyl (C=O) groups is 1. The monoisotopic (exact) mass is 374 g/mol. The number of amides is 1. The zero-order valence-electron chi connectivity index (χ0n) is 16.7. The first-order chi connectivity index (χ1) is 12.9. The summed E-state index contributed by atoms with van der Waals surface area (Å²) in [4.78, 5) is 26.5. The molecular weight excluding hydrogens is 344 g/mol.